The third-order valence-electron chi connectivity index (χ3n) is 5.00. The van der Waals surface area contributed by atoms with Crippen LogP contribution in [0.5, 0.6) is 0 Å². The predicted molar refractivity (Wildman–Crippen MR) is 97.4 cm³/mol. The number of aromatic nitrogens is 1. The second-order valence-corrected chi connectivity index (χ2v) is 18.4. The molecular weight excluding hydrogens is 327 g/mol. The summed E-state index contributed by atoms with van der Waals surface area (Å²) in [6.07, 6.45) is 7.56. The fourth-order valence-corrected chi connectivity index (χ4v) is 6.06. The van der Waals surface area contributed by atoms with Crippen molar-refractivity contribution in [1.82, 2.24) is 0 Å². The zero-order valence-electron chi connectivity index (χ0n) is 14.7. The summed E-state index contributed by atoms with van der Waals surface area (Å²) in [5, 5.41) is 0. The van der Waals surface area contributed by atoms with Gasteiger partial charge in [0.1, 0.15) is 0 Å². The molecule has 0 saturated heterocycles. The Labute approximate surface area is 137 Å². The Morgan fingerprint density at radius 3 is 2.36 bits per heavy atom. The van der Waals surface area contributed by atoms with Crippen LogP contribution in [0, 0.1) is 6.92 Å². The Hall–Kier alpha value is -1.09. The van der Waals surface area contributed by atoms with Crippen LogP contribution in [0.2, 0.25) is 17.3 Å². The maximum absolute atomic E-state index is 2.46. The van der Waals surface area contributed by atoms with Crippen LogP contribution in [0.1, 0.15) is 29.5 Å². The van der Waals surface area contributed by atoms with Crippen molar-refractivity contribution in [3.8, 4) is 11.3 Å². The molecule has 1 heterocycles. The van der Waals surface area contributed by atoms with Crippen LogP contribution in [0.25, 0.3) is 11.3 Å². The normalized spacial score (nSPS) is 14.8. The molecular formula is C20H28GeN+. The van der Waals surface area contributed by atoms with Gasteiger partial charge in [-0.3, -0.25) is 0 Å². The number of aryl methyl sites for hydroxylation is 3. The van der Waals surface area contributed by atoms with E-state index in [4.69, 9.17) is 0 Å². The van der Waals surface area contributed by atoms with Gasteiger partial charge in [0.2, 0.25) is 0 Å². The Kier molecular flexibility index (Phi) is 4.20. The van der Waals surface area contributed by atoms with Gasteiger partial charge >= 0.3 is 138 Å². The van der Waals surface area contributed by atoms with Crippen molar-refractivity contribution in [2.45, 2.75) is 49.9 Å². The van der Waals surface area contributed by atoms with Gasteiger partial charge in [0, 0.05) is 0 Å². The SMILES string of the molecule is Cc1ccc2c(c1-c1cc[c]([Ge]([CH3])([CH3])[CH3])c[n+]1C)CCCC2. The summed E-state index contributed by atoms with van der Waals surface area (Å²) < 4.78 is 3.94. The van der Waals surface area contributed by atoms with Crippen molar-refractivity contribution in [2.75, 3.05) is 0 Å². The summed E-state index contributed by atoms with van der Waals surface area (Å²) >= 11 is -1.76. The average molecular weight is 355 g/mol. The van der Waals surface area contributed by atoms with Gasteiger partial charge in [-0.15, -0.1) is 0 Å². The van der Waals surface area contributed by atoms with E-state index in [0.29, 0.717) is 0 Å². The minimum absolute atomic E-state index is 1.24. The summed E-state index contributed by atoms with van der Waals surface area (Å²) in [5.41, 5.74) is 7.47. The van der Waals surface area contributed by atoms with Gasteiger partial charge < -0.3 is 0 Å². The van der Waals surface area contributed by atoms with E-state index in [1.165, 1.54) is 42.5 Å². The number of nitrogens with zero attached hydrogens (tertiary/aromatic N) is 1. The topological polar surface area (TPSA) is 3.88 Å². The Morgan fingerprint density at radius 2 is 1.68 bits per heavy atom. The molecule has 2 heteroatoms. The molecule has 0 spiro atoms. The number of fused-ring (bicyclic) bond motifs is 1. The van der Waals surface area contributed by atoms with Gasteiger partial charge in [-0.2, -0.15) is 0 Å². The van der Waals surface area contributed by atoms with E-state index < -0.39 is 13.3 Å². The minimum atomic E-state index is -1.76. The van der Waals surface area contributed by atoms with Gasteiger partial charge in [-0.05, 0) is 0 Å². The molecule has 1 nitrogen and oxygen atoms in total. The van der Waals surface area contributed by atoms with Crippen molar-refractivity contribution in [1.29, 1.82) is 0 Å². The number of hydrogen-bond donors (Lipinski definition) is 0. The fraction of sp³-hybridized carbons (Fsp3) is 0.450. The second kappa shape index (κ2) is 5.84. The van der Waals surface area contributed by atoms with Crippen LogP contribution in [0.3, 0.4) is 0 Å². The van der Waals surface area contributed by atoms with Crippen molar-refractivity contribution in [3.05, 3.63) is 47.2 Å². The first-order valence-electron chi connectivity index (χ1n) is 8.50. The van der Waals surface area contributed by atoms with Crippen LogP contribution in [0.15, 0.2) is 30.5 Å². The summed E-state index contributed by atoms with van der Waals surface area (Å²) in [7, 11) is 2.22. The van der Waals surface area contributed by atoms with Gasteiger partial charge in [-0.25, -0.2) is 0 Å². The summed E-state index contributed by atoms with van der Waals surface area (Å²) in [5.74, 6) is 7.39. The van der Waals surface area contributed by atoms with Crippen LogP contribution < -0.4 is 8.96 Å². The molecule has 22 heavy (non-hydrogen) atoms. The molecule has 0 radical (unpaired) electrons. The monoisotopic (exact) mass is 356 g/mol. The Bertz CT molecular complexity index is 710. The molecule has 0 aliphatic heterocycles. The quantitative estimate of drug-likeness (QED) is 0.568. The molecule has 0 N–H and O–H groups in total. The molecule has 116 valence electrons. The zero-order valence-corrected chi connectivity index (χ0v) is 16.8. The molecule has 0 atom stereocenters. The summed E-state index contributed by atoms with van der Waals surface area (Å²) in [6, 6.07) is 9.42. The van der Waals surface area contributed by atoms with Crippen LogP contribution in [-0.4, -0.2) is 13.3 Å². The third-order valence-corrected chi connectivity index (χ3v) is 9.25. The van der Waals surface area contributed by atoms with E-state index in [2.05, 4.69) is 66.3 Å². The second-order valence-electron chi connectivity index (χ2n) is 7.77. The van der Waals surface area contributed by atoms with Crippen LogP contribution >= 0.6 is 0 Å². The Morgan fingerprint density at radius 1 is 0.955 bits per heavy atom. The molecule has 0 bridgehead atoms. The Balaban J connectivity index is 2.16. The van der Waals surface area contributed by atoms with Crippen LogP contribution in [-0.2, 0) is 19.9 Å². The van der Waals surface area contributed by atoms with Gasteiger partial charge in [0.15, 0.2) is 0 Å². The molecule has 1 aliphatic rings. The van der Waals surface area contributed by atoms with E-state index in [0.717, 1.165) is 0 Å². The van der Waals surface area contributed by atoms with Crippen molar-refractivity contribution >= 4 is 17.7 Å². The number of rotatable bonds is 2. The molecule has 0 saturated carbocycles. The molecule has 1 aromatic heterocycles. The standard InChI is InChI=1S/C20H28GeN/c1-15-10-11-16-8-6-7-9-18(16)20(15)19-13-12-17(14-22(19)5)21(2,3)4/h10-14H,6-9H2,1-5H3/q+1. The average Bonchev–Trinajstić information content (AvgIpc) is 2.47. The number of benzene rings is 1. The molecule has 2 aromatic rings. The third kappa shape index (κ3) is 2.88. The van der Waals surface area contributed by atoms with Crippen molar-refractivity contribution in [3.63, 3.8) is 0 Å². The first kappa shape index (κ1) is 15.8. The van der Waals surface area contributed by atoms with E-state index in [1.807, 2.05) is 0 Å². The van der Waals surface area contributed by atoms with E-state index in [1.54, 1.807) is 15.5 Å². The predicted octanol–water partition coefficient (Wildman–Crippen LogP) is 3.91. The first-order valence-corrected chi connectivity index (χ1v) is 15.8. The van der Waals surface area contributed by atoms with Crippen LogP contribution in [0.4, 0.5) is 0 Å². The molecule has 0 unspecified atom stereocenters. The summed E-state index contributed by atoms with van der Waals surface area (Å²) in [6.45, 7) is 2.26. The van der Waals surface area contributed by atoms with Gasteiger partial charge in [0.25, 0.3) is 0 Å². The zero-order chi connectivity index (χ0) is 15.9. The van der Waals surface area contributed by atoms with E-state index >= 15 is 0 Å². The number of pyridine rings is 1. The van der Waals surface area contributed by atoms with Crippen molar-refractivity contribution in [2.24, 2.45) is 7.05 Å². The van der Waals surface area contributed by atoms with E-state index in [9.17, 15) is 0 Å². The van der Waals surface area contributed by atoms with Gasteiger partial charge in [-0.1, -0.05) is 0 Å². The molecule has 1 aliphatic carbocycles. The molecule has 0 amide bonds. The van der Waals surface area contributed by atoms with Crippen molar-refractivity contribution < 1.29 is 4.57 Å². The molecule has 0 fully saturated rings. The van der Waals surface area contributed by atoms with Gasteiger partial charge in [0.05, 0.1) is 0 Å². The molecule has 3 rings (SSSR count). The fourth-order valence-electron chi connectivity index (χ4n) is 3.61. The molecule has 1 aromatic carbocycles. The first-order chi connectivity index (χ1) is 10.4. The maximum atomic E-state index is 2.46. The number of hydrogen-bond acceptors (Lipinski definition) is 0. The van der Waals surface area contributed by atoms with E-state index in [-0.39, 0.29) is 0 Å². The summed E-state index contributed by atoms with van der Waals surface area (Å²) in [4.78, 5) is 0.